The van der Waals surface area contributed by atoms with Crippen molar-refractivity contribution in [1.29, 1.82) is 0 Å². The number of hydrogen-bond donors (Lipinski definition) is 0. The number of methoxy groups -OCH3 is 2. The number of ether oxygens (including phenoxy) is 2. The van der Waals surface area contributed by atoms with E-state index in [0.29, 0.717) is 5.33 Å². The molecule has 0 amide bonds. The molecule has 0 radical (unpaired) electrons. The monoisotopic (exact) mass is 344 g/mol. The van der Waals surface area contributed by atoms with Gasteiger partial charge in [-0.3, -0.25) is 9.59 Å². The summed E-state index contributed by atoms with van der Waals surface area (Å²) >= 11 is 16.0. The lowest BCUT2D eigenvalue weighted by Gasteiger charge is -2.38. The molecule has 0 aliphatic heterocycles. The van der Waals surface area contributed by atoms with E-state index in [1.807, 2.05) is 0 Å². The number of fused-ring (bicyclic) bond motifs is 2. The number of carbonyl (C=O) groups excluding carboxylic acids is 2. The molecular formula is C10H11BrCl2O4. The third-order valence-corrected chi connectivity index (χ3v) is 5.83. The number of ketones is 2. The highest BCUT2D eigenvalue weighted by atomic mass is 79.9. The fourth-order valence-corrected chi connectivity index (χ4v) is 5.04. The summed E-state index contributed by atoms with van der Waals surface area (Å²) in [5.41, 5.74) is 0. The van der Waals surface area contributed by atoms with Crippen molar-refractivity contribution in [2.75, 3.05) is 19.5 Å². The molecule has 3 atom stereocenters. The Morgan fingerprint density at radius 2 is 1.82 bits per heavy atom. The van der Waals surface area contributed by atoms with Gasteiger partial charge in [-0.1, -0.05) is 15.9 Å². The largest absolute Gasteiger partial charge is 0.349 e. The van der Waals surface area contributed by atoms with Crippen molar-refractivity contribution in [1.82, 2.24) is 0 Å². The first kappa shape index (κ1) is 13.7. The molecule has 96 valence electrons. The van der Waals surface area contributed by atoms with Gasteiger partial charge in [0.05, 0.1) is 0 Å². The molecule has 2 rings (SSSR count). The first-order chi connectivity index (χ1) is 7.85. The molecule has 0 spiro atoms. The van der Waals surface area contributed by atoms with Crippen LogP contribution in [0.25, 0.3) is 0 Å². The van der Waals surface area contributed by atoms with Crippen LogP contribution in [0.2, 0.25) is 0 Å². The zero-order valence-corrected chi connectivity index (χ0v) is 12.4. The maximum Gasteiger partial charge on any atom is 0.227 e. The molecule has 0 unspecified atom stereocenters. The second-order valence-corrected chi connectivity index (χ2v) is 6.14. The smallest absolute Gasteiger partial charge is 0.227 e. The lowest BCUT2D eigenvalue weighted by atomic mass is 9.87. The Labute approximate surface area is 117 Å². The van der Waals surface area contributed by atoms with Gasteiger partial charge in [0.15, 0.2) is 9.75 Å². The van der Waals surface area contributed by atoms with Crippen LogP contribution in [0.15, 0.2) is 0 Å². The first-order valence-electron chi connectivity index (χ1n) is 4.99. The van der Waals surface area contributed by atoms with Crippen LogP contribution in [-0.4, -0.2) is 46.7 Å². The minimum atomic E-state index is -1.60. The van der Waals surface area contributed by atoms with Gasteiger partial charge in [-0.15, -0.1) is 23.2 Å². The number of rotatable bonds is 3. The quantitative estimate of drug-likeness (QED) is 0.442. The van der Waals surface area contributed by atoms with E-state index in [9.17, 15) is 9.59 Å². The average Bonchev–Trinajstić information content (AvgIpc) is 2.60. The molecule has 0 aromatic rings. The van der Waals surface area contributed by atoms with Crippen molar-refractivity contribution in [2.45, 2.75) is 22.0 Å². The zero-order valence-electron chi connectivity index (χ0n) is 9.26. The molecular weight excluding hydrogens is 335 g/mol. The Hall–Kier alpha value is 0.320. The van der Waals surface area contributed by atoms with Crippen molar-refractivity contribution < 1.29 is 19.1 Å². The Kier molecular flexibility index (Phi) is 3.16. The molecule has 2 aliphatic rings. The number of carbonyl (C=O) groups is 2. The molecule has 17 heavy (non-hydrogen) atoms. The van der Waals surface area contributed by atoms with Crippen LogP contribution in [0.4, 0.5) is 0 Å². The summed E-state index contributed by atoms with van der Waals surface area (Å²) in [6, 6.07) is 0. The third-order valence-electron chi connectivity index (χ3n) is 3.75. The molecule has 7 heteroatoms. The molecule has 2 aliphatic carbocycles. The second kappa shape index (κ2) is 3.90. The summed E-state index contributed by atoms with van der Waals surface area (Å²) < 4.78 is 10.5. The lowest BCUT2D eigenvalue weighted by Crippen LogP contribution is -2.57. The SMILES string of the molecule is COC1(OC)[C@]2(Cl)C[C@@H](CBr)[C@@]1(Cl)C(=O)C2=O. The Bertz CT molecular complexity index is 398. The fraction of sp³-hybridized carbons (Fsp3) is 0.800. The molecule has 0 saturated heterocycles. The van der Waals surface area contributed by atoms with Crippen LogP contribution in [0.5, 0.6) is 0 Å². The van der Waals surface area contributed by atoms with Gasteiger partial charge in [-0.2, -0.15) is 0 Å². The van der Waals surface area contributed by atoms with Crippen LogP contribution in [0, 0.1) is 5.92 Å². The third kappa shape index (κ3) is 1.18. The highest BCUT2D eigenvalue weighted by molar-refractivity contribution is 9.09. The predicted molar refractivity (Wildman–Crippen MR) is 65.8 cm³/mol. The van der Waals surface area contributed by atoms with E-state index in [-0.39, 0.29) is 12.3 Å². The van der Waals surface area contributed by atoms with E-state index >= 15 is 0 Å². The van der Waals surface area contributed by atoms with Gasteiger partial charge < -0.3 is 9.47 Å². The molecule has 2 bridgehead atoms. The zero-order chi connectivity index (χ0) is 13.1. The molecule has 0 aromatic carbocycles. The Morgan fingerprint density at radius 1 is 1.29 bits per heavy atom. The van der Waals surface area contributed by atoms with Gasteiger partial charge in [0, 0.05) is 25.5 Å². The van der Waals surface area contributed by atoms with E-state index in [1.54, 1.807) is 0 Å². The van der Waals surface area contributed by atoms with Gasteiger partial charge in [-0.05, 0) is 6.42 Å². The molecule has 2 fully saturated rings. The summed E-state index contributed by atoms with van der Waals surface area (Å²) in [5.74, 6) is -3.37. The van der Waals surface area contributed by atoms with Gasteiger partial charge in [0.25, 0.3) is 0 Å². The molecule has 0 aromatic heterocycles. The Balaban J connectivity index is 2.69. The summed E-state index contributed by atoms with van der Waals surface area (Å²) in [4.78, 5) is 20.9. The van der Waals surface area contributed by atoms with Crippen molar-refractivity contribution >= 4 is 50.7 Å². The predicted octanol–water partition coefficient (Wildman–Crippen LogP) is 1.50. The second-order valence-electron chi connectivity index (χ2n) is 4.25. The van der Waals surface area contributed by atoms with Crippen LogP contribution in [0.1, 0.15) is 6.42 Å². The van der Waals surface area contributed by atoms with Gasteiger partial charge in [0.2, 0.25) is 17.4 Å². The van der Waals surface area contributed by atoms with Gasteiger partial charge >= 0.3 is 0 Å². The molecule has 4 nitrogen and oxygen atoms in total. The van der Waals surface area contributed by atoms with E-state index in [0.717, 1.165) is 0 Å². The maximum atomic E-state index is 12.0. The fourth-order valence-electron chi connectivity index (χ4n) is 2.96. The number of hydrogen-bond acceptors (Lipinski definition) is 4. The highest BCUT2D eigenvalue weighted by Crippen LogP contribution is 2.65. The molecule has 0 N–H and O–H groups in total. The van der Waals surface area contributed by atoms with Crippen LogP contribution in [-0.2, 0) is 19.1 Å². The van der Waals surface area contributed by atoms with Crippen molar-refractivity contribution in [3.63, 3.8) is 0 Å². The number of halogens is 3. The minimum absolute atomic E-state index is 0.246. The normalized spacial score (nSPS) is 43.5. The van der Waals surface area contributed by atoms with E-state index in [4.69, 9.17) is 32.7 Å². The summed E-state index contributed by atoms with van der Waals surface area (Å²) in [7, 11) is 2.67. The van der Waals surface area contributed by atoms with E-state index < -0.39 is 27.1 Å². The van der Waals surface area contributed by atoms with Crippen molar-refractivity contribution in [3.8, 4) is 0 Å². The Morgan fingerprint density at radius 3 is 2.18 bits per heavy atom. The topological polar surface area (TPSA) is 52.6 Å². The number of Topliss-reactive ketones (excluding diaryl/α,β-unsaturated/α-hetero) is 2. The highest BCUT2D eigenvalue weighted by Gasteiger charge is 2.85. The lowest BCUT2D eigenvalue weighted by molar-refractivity contribution is -0.220. The van der Waals surface area contributed by atoms with Crippen LogP contribution >= 0.6 is 39.1 Å². The van der Waals surface area contributed by atoms with Crippen LogP contribution < -0.4 is 0 Å². The standard InChI is InChI=1S/C10H11BrCl2O4/c1-16-10(17-2)8(12)3-5(4-11)9(10,13)7(15)6(8)14/h5H,3-4H2,1-2H3/t5-,8-,9+/m0/s1. The molecule has 2 saturated carbocycles. The first-order valence-corrected chi connectivity index (χ1v) is 6.86. The van der Waals surface area contributed by atoms with E-state index in [2.05, 4.69) is 15.9 Å². The summed E-state index contributed by atoms with van der Waals surface area (Å²) in [6.07, 6.45) is 0.246. The van der Waals surface area contributed by atoms with Gasteiger partial charge in [0.1, 0.15) is 0 Å². The van der Waals surface area contributed by atoms with Crippen molar-refractivity contribution in [2.24, 2.45) is 5.92 Å². The van der Waals surface area contributed by atoms with E-state index in [1.165, 1.54) is 14.2 Å². The van der Waals surface area contributed by atoms with Crippen LogP contribution in [0.3, 0.4) is 0 Å². The summed E-state index contributed by atoms with van der Waals surface area (Å²) in [5, 5.41) is 0.443. The van der Waals surface area contributed by atoms with Crippen molar-refractivity contribution in [3.05, 3.63) is 0 Å². The average molecular weight is 346 g/mol. The molecule has 0 heterocycles. The number of alkyl halides is 3. The van der Waals surface area contributed by atoms with Gasteiger partial charge in [-0.25, -0.2) is 0 Å². The maximum absolute atomic E-state index is 12.0. The summed E-state index contributed by atoms with van der Waals surface area (Å²) in [6.45, 7) is 0. The minimum Gasteiger partial charge on any atom is -0.349 e.